The summed E-state index contributed by atoms with van der Waals surface area (Å²) in [6, 6.07) is 28.1. The molecule has 1 aliphatic rings. The maximum Gasteiger partial charge on any atom is 0.128 e. The van der Waals surface area contributed by atoms with Crippen LogP contribution in [0.2, 0.25) is 0 Å². The second kappa shape index (κ2) is 8.44. The Kier molecular flexibility index (Phi) is 5.59. The number of anilines is 1. The maximum atomic E-state index is 4.50. The summed E-state index contributed by atoms with van der Waals surface area (Å²) in [7, 11) is -0.350. The van der Waals surface area contributed by atoms with Gasteiger partial charge in [0, 0.05) is 38.7 Å². The van der Waals surface area contributed by atoms with Gasteiger partial charge in [0.15, 0.2) is 0 Å². The van der Waals surface area contributed by atoms with Crippen LogP contribution in [-0.2, 0) is 0 Å². The highest BCUT2D eigenvalue weighted by Crippen LogP contribution is 2.34. The van der Waals surface area contributed by atoms with Crippen molar-refractivity contribution in [2.75, 3.05) is 37.4 Å². The number of hydrogen-bond acceptors (Lipinski definition) is 3. The number of piperazine rings is 1. The van der Waals surface area contributed by atoms with E-state index < -0.39 is 0 Å². The second-order valence-electron chi connectivity index (χ2n) is 6.53. The third-order valence-corrected chi connectivity index (χ3v) is 7.35. The van der Waals surface area contributed by atoms with Crippen LogP contribution in [0.5, 0.6) is 0 Å². The summed E-state index contributed by atoms with van der Waals surface area (Å²) < 4.78 is 0. The Bertz CT molecular complexity index is 748. The van der Waals surface area contributed by atoms with E-state index in [2.05, 4.69) is 87.6 Å². The lowest BCUT2D eigenvalue weighted by atomic mass is 10.3. The average molecular weight is 361 g/mol. The van der Waals surface area contributed by atoms with Gasteiger partial charge in [-0.1, -0.05) is 66.7 Å². The standard InChI is InChI=1S/C22H24N3P/c1-3-9-20(10-4-1)26(21-11-5-2-6-12-21)19-24-15-17-25(18-16-24)22-13-7-8-14-23-22/h1-14H,15-19H2. The van der Waals surface area contributed by atoms with E-state index in [0.717, 1.165) is 38.3 Å². The van der Waals surface area contributed by atoms with Crippen LogP contribution in [0.4, 0.5) is 5.82 Å². The summed E-state index contributed by atoms with van der Waals surface area (Å²) >= 11 is 0. The van der Waals surface area contributed by atoms with E-state index in [9.17, 15) is 0 Å². The summed E-state index contributed by atoms with van der Waals surface area (Å²) in [6.45, 7) is 4.28. The van der Waals surface area contributed by atoms with Crippen molar-refractivity contribution in [2.45, 2.75) is 0 Å². The summed E-state index contributed by atoms with van der Waals surface area (Å²) in [5.41, 5.74) is 0. The van der Waals surface area contributed by atoms with E-state index in [1.807, 2.05) is 12.3 Å². The van der Waals surface area contributed by atoms with E-state index in [0.29, 0.717) is 0 Å². The lowest BCUT2D eigenvalue weighted by molar-refractivity contribution is 0.298. The van der Waals surface area contributed by atoms with Crippen molar-refractivity contribution in [2.24, 2.45) is 0 Å². The monoisotopic (exact) mass is 361 g/mol. The van der Waals surface area contributed by atoms with E-state index in [-0.39, 0.29) is 7.92 Å². The Balaban J connectivity index is 1.46. The van der Waals surface area contributed by atoms with Crippen LogP contribution in [0.25, 0.3) is 0 Å². The van der Waals surface area contributed by atoms with Gasteiger partial charge in [-0.05, 0) is 30.7 Å². The highest BCUT2D eigenvalue weighted by Gasteiger charge is 2.22. The van der Waals surface area contributed by atoms with Crippen molar-refractivity contribution in [3.8, 4) is 0 Å². The molecule has 1 saturated heterocycles. The van der Waals surface area contributed by atoms with Crippen molar-refractivity contribution in [3.05, 3.63) is 85.1 Å². The Labute approximate surface area is 157 Å². The normalized spacial score (nSPS) is 15.3. The highest BCUT2D eigenvalue weighted by molar-refractivity contribution is 7.72. The molecule has 26 heavy (non-hydrogen) atoms. The molecule has 132 valence electrons. The van der Waals surface area contributed by atoms with E-state index >= 15 is 0 Å². The van der Waals surface area contributed by atoms with Gasteiger partial charge in [0.05, 0.1) is 0 Å². The fraction of sp³-hybridized carbons (Fsp3) is 0.227. The van der Waals surface area contributed by atoms with Gasteiger partial charge in [0.1, 0.15) is 5.82 Å². The molecule has 3 nitrogen and oxygen atoms in total. The fourth-order valence-corrected chi connectivity index (χ4v) is 5.76. The van der Waals surface area contributed by atoms with Gasteiger partial charge in [-0.3, -0.25) is 4.90 Å². The van der Waals surface area contributed by atoms with Crippen LogP contribution in [0.1, 0.15) is 0 Å². The Morgan fingerprint density at radius 3 is 1.81 bits per heavy atom. The third-order valence-electron chi connectivity index (χ3n) is 4.82. The number of rotatable bonds is 5. The molecule has 1 fully saturated rings. The molecule has 1 aromatic heterocycles. The van der Waals surface area contributed by atoms with Crippen LogP contribution >= 0.6 is 7.92 Å². The van der Waals surface area contributed by atoms with Gasteiger partial charge < -0.3 is 4.90 Å². The van der Waals surface area contributed by atoms with Gasteiger partial charge in [0.25, 0.3) is 0 Å². The molecule has 1 aliphatic heterocycles. The van der Waals surface area contributed by atoms with Crippen LogP contribution in [0, 0.1) is 0 Å². The molecule has 0 saturated carbocycles. The molecule has 0 spiro atoms. The first kappa shape index (κ1) is 17.2. The smallest absolute Gasteiger partial charge is 0.128 e. The number of hydrogen-bond donors (Lipinski definition) is 0. The largest absolute Gasteiger partial charge is 0.354 e. The van der Waals surface area contributed by atoms with Crippen LogP contribution in [0.15, 0.2) is 85.1 Å². The fourth-order valence-electron chi connectivity index (χ4n) is 3.39. The molecule has 0 N–H and O–H groups in total. The molecule has 2 heterocycles. The summed E-state index contributed by atoms with van der Waals surface area (Å²) in [5.74, 6) is 1.10. The average Bonchev–Trinajstić information content (AvgIpc) is 2.74. The molecular formula is C22H24N3P. The van der Waals surface area contributed by atoms with Gasteiger partial charge in [0.2, 0.25) is 0 Å². The molecular weight excluding hydrogens is 337 g/mol. The molecule has 0 atom stereocenters. The van der Waals surface area contributed by atoms with Crippen LogP contribution < -0.4 is 15.5 Å². The molecule has 0 amide bonds. The number of benzene rings is 2. The molecule has 0 bridgehead atoms. The lowest BCUT2D eigenvalue weighted by Gasteiger charge is -2.37. The van der Waals surface area contributed by atoms with Gasteiger partial charge >= 0.3 is 0 Å². The minimum absolute atomic E-state index is 0.350. The zero-order chi connectivity index (χ0) is 17.6. The molecule has 3 aromatic rings. The van der Waals surface area contributed by atoms with Crippen molar-refractivity contribution >= 4 is 24.3 Å². The SMILES string of the molecule is c1ccc(P(CN2CCN(c3ccccn3)CC2)c2ccccc2)cc1. The Hall–Kier alpha value is -2.22. The minimum Gasteiger partial charge on any atom is -0.354 e. The first-order chi connectivity index (χ1) is 12.9. The number of aromatic nitrogens is 1. The summed E-state index contributed by atoms with van der Waals surface area (Å²) in [5, 5.41) is 2.92. The van der Waals surface area contributed by atoms with Gasteiger partial charge in [-0.25, -0.2) is 4.98 Å². The number of nitrogens with zero attached hydrogens (tertiary/aromatic N) is 3. The molecule has 0 radical (unpaired) electrons. The van der Waals surface area contributed by atoms with E-state index in [4.69, 9.17) is 0 Å². The molecule has 4 rings (SSSR count). The topological polar surface area (TPSA) is 19.4 Å². The molecule has 4 heteroatoms. The number of pyridine rings is 1. The summed E-state index contributed by atoms with van der Waals surface area (Å²) in [6.07, 6.45) is 3.01. The highest BCUT2D eigenvalue weighted by atomic mass is 31.1. The lowest BCUT2D eigenvalue weighted by Crippen LogP contribution is -2.47. The zero-order valence-corrected chi connectivity index (χ0v) is 15.8. The molecule has 2 aromatic carbocycles. The molecule has 0 aliphatic carbocycles. The van der Waals surface area contributed by atoms with Gasteiger partial charge in [-0.2, -0.15) is 0 Å². The van der Waals surface area contributed by atoms with Crippen LogP contribution in [0.3, 0.4) is 0 Å². The Morgan fingerprint density at radius 2 is 1.27 bits per heavy atom. The predicted octanol–water partition coefficient (Wildman–Crippen LogP) is 3.29. The van der Waals surface area contributed by atoms with E-state index in [1.54, 1.807) is 0 Å². The first-order valence-corrected chi connectivity index (χ1v) is 10.7. The van der Waals surface area contributed by atoms with Gasteiger partial charge in [-0.15, -0.1) is 0 Å². The van der Waals surface area contributed by atoms with Crippen molar-refractivity contribution < 1.29 is 0 Å². The Morgan fingerprint density at radius 1 is 0.692 bits per heavy atom. The second-order valence-corrected chi connectivity index (χ2v) is 8.71. The van der Waals surface area contributed by atoms with Crippen molar-refractivity contribution in [1.29, 1.82) is 0 Å². The minimum atomic E-state index is -0.350. The van der Waals surface area contributed by atoms with E-state index in [1.165, 1.54) is 10.6 Å². The molecule has 0 unspecified atom stereocenters. The first-order valence-electron chi connectivity index (χ1n) is 9.16. The van der Waals surface area contributed by atoms with Crippen molar-refractivity contribution in [1.82, 2.24) is 9.88 Å². The quantitative estimate of drug-likeness (QED) is 0.650. The predicted molar refractivity (Wildman–Crippen MR) is 112 cm³/mol. The third kappa shape index (κ3) is 4.12. The maximum absolute atomic E-state index is 4.50. The van der Waals surface area contributed by atoms with Crippen LogP contribution in [-0.4, -0.2) is 42.3 Å². The van der Waals surface area contributed by atoms with Crippen molar-refractivity contribution in [3.63, 3.8) is 0 Å². The summed E-state index contributed by atoms with van der Waals surface area (Å²) in [4.78, 5) is 9.50. The zero-order valence-electron chi connectivity index (χ0n) is 14.9.